The number of hydrogen-bond donors (Lipinski definition) is 2. The highest BCUT2D eigenvalue weighted by Gasteiger charge is 2.27. The Hall–Kier alpha value is -1.09. The minimum atomic E-state index is -0.658. The summed E-state index contributed by atoms with van der Waals surface area (Å²) in [6, 6.07) is 0. The molecule has 2 N–H and O–H groups in total. The number of carbonyl (C=O) groups is 1. The van der Waals surface area contributed by atoms with Crippen LogP contribution in [-0.2, 0) is 4.79 Å². The molecular formula is C25H44O3. The van der Waals surface area contributed by atoms with Crippen LogP contribution in [-0.4, -0.2) is 22.3 Å². The number of aliphatic hydroxyl groups excluding tert-OH is 1. The summed E-state index contributed by atoms with van der Waals surface area (Å²) in [7, 11) is 0. The molecule has 0 aliphatic heterocycles. The van der Waals surface area contributed by atoms with Crippen molar-refractivity contribution in [2.24, 2.45) is 23.7 Å². The third-order valence-electron chi connectivity index (χ3n) is 6.26. The van der Waals surface area contributed by atoms with E-state index in [1.54, 1.807) is 0 Å². The topological polar surface area (TPSA) is 57.5 Å². The molecule has 0 heterocycles. The van der Waals surface area contributed by atoms with Crippen LogP contribution in [0.2, 0.25) is 0 Å². The van der Waals surface area contributed by atoms with E-state index in [1.807, 2.05) is 12.2 Å². The van der Waals surface area contributed by atoms with Gasteiger partial charge in [0.2, 0.25) is 0 Å². The second kappa shape index (κ2) is 14.8. The average Bonchev–Trinajstić information content (AvgIpc) is 2.66. The van der Waals surface area contributed by atoms with Crippen molar-refractivity contribution in [2.45, 2.75) is 104 Å². The lowest BCUT2D eigenvalue weighted by Gasteiger charge is -2.33. The van der Waals surface area contributed by atoms with E-state index in [4.69, 9.17) is 5.11 Å². The van der Waals surface area contributed by atoms with Crippen molar-refractivity contribution in [3.8, 4) is 0 Å². The predicted octanol–water partition coefficient (Wildman–Crippen LogP) is 6.76. The maximum absolute atomic E-state index is 11.0. The molecule has 28 heavy (non-hydrogen) atoms. The first-order chi connectivity index (χ1) is 13.4. The van der Waals surface area contributed by atoms with Crippen LogP contribution in [0.25, 0.3) is 0 Å². The van der Waals surface area contributed by atoms with Gasteiger partial charge in [0, 0.05) is 6.42 Å². The van der Waals surface area contributed by atoms with Crippen molar-refractivity contribution in [3.05, 3.63) is 24.3 Å². The molecule has 1 rings (SSSR count). The van der Waals surface area contributed by atoms with Crippen molar-refractivity contribution < 1.29 is 15.0 Å². The molecule has 0 spiro atoms. The van der Waals surface area contributed by atoms with E-state index in [0.717, 1.165) is 19.3 Å². The minimum absolute atomic E-state index is 0.313. The van der Waals surface area contributed by atoms with Crippen LogP contribution < -0.4 is 0 Å². The lowest BCUT2D eigenvalue weighted by Crippen LogP contribution is -2.22. The first-order valence-electron chi connectivity index (χ1n) is 11.7. The van der Waals surface area contributed by atoms with E-state index in [-0.39, 0.29) is 6.10 Å². The van der Waals surface area contributed by atoms with Crippen LogP contribution in [0.4, 0.5) is 0 Å². The zero-order valence-corrected chi connectivity index (χ0v) is 18.5. The van der Waals surface area contributed by atoms with Crippen molar-refractivity contribution in [2.75, 3.05) is 0 Å². The summed E-state index contributed by atoms with van der Waals surface area (Å²) in [5, 5.41) is 19.0. The quantitative estimate of drug-likeness (QED) is 0.253. The van der Waals surface area contributed by atoms with Gasteiger partial charge < -0.3 is 10.2 Å². The van der Waals surface area contributed by atoms with Gasteiger partial charge in [-0.3, -0.25) is 4.79 Å². The van der Waals surface area contributed by atoms with Crippen LogP contribution in [0.3, 0.4) is 0 Å². The third-order valence-corrected chi connectivity index (χ3v) is 6.26. The Bertz CT molecular complexity index is 458. The summed E-state index contributed by atoms with van der Waals surface area (Å²) in [5.74, 6) is 1.93. The van der Waals surface area contributed by atoms with E-state index >= 15 is 0 Å². The summed E-state index contributed by atoms with van der Waals surface area (Å²) in [6.45, 7) is 6.69. The summed E-state index contributed by atoms with van der Waals surface area (Å²) in [5.41, 5.74) is 0. The second-order valence-electron chi connectivity index (χ2n) is 9.17. The molecule has 0 saturated heterocycles. The Labute approximate surface area is 173 Å². The van der Waals surface area contributed by atoms with E-state index in [9.17, 15) is 9.90 Å². The summed E-state index contributed by atoms with van der Waals surface area (Å²) < 4.78 is 0. The van der Waals surface area contributed by atoms with Crippen LogP contribution in [0.15, 0.2) is 24.3 Å². The molecule has 0 aromatic heterocycles. The number of aliphatic carboxylic acids is 1. The van der Waals surface area contributed by atoms with Crippen molar-refractivity contribution in [3.63, 3.8) is 0 Å². The fourth-order valence-electron chi connectivity index (χ4n) is 4.39. The van der Waals surface area contributed by atoms with Crippen LogP contribution >= 0.6 is 0 Å². The predicted molar refractivity (Wildman–Crippen MR) is 118 cm³/mol. The summed E-state index contributed by atoms with van der Waals surface area (Å²) >= 11 is 0. The Morgan fingerprint density at radius 2 is 1.71 bits per heavy atom. The lowest BCUT2D eigenvalue weighted by molar-refractivity contribution is -0.137. The van der Waals surface area contributed by atoms with Gasteiger partial charge in [0.1, 0.15) is 0 Å². The fourth-order valence-corrected chi connectivity index (χ4v) is 4.39. The van der Waals surface area contributed by atoms with E-state index in [2.05, 4.69) is 32.9 Å². The van der Waals surface area contributed by atoms with Gasteiger partial charge in [-0.05, 0) is 68.6 Å². The molecule has 1 saturated carbocycles. The zero-order valence-electron chi connectivity index (χ0n) is 18.5. The number of carboxylic acids is 1. The number of aliphatic hydroxyl groups is 1. The Balaban J connectivity index is 2.38. The van der Waals surface area contributed by atoms with E-state index < -0.39 is 5.97 Å². The van der Waals surface area contributed by atoms with Gasteiger partial charge >= 0.3 is 5.97 Å². The van der Waals surface area contributed by atoms with Gasteiger partial charge in [0.05, 0.1) is 6.10 Å². The normalized spacial score (nSPS) is 22.9. The summed E-state index contributed by atoms with van der Waals surface area (Å²) in [6.07, 6.45) is 20.7. The molecular weight excluding hydrogens is 348 g/mol. The molecule has 0 bridgehead atoms. The molecule has 0 amide bonds. The third kappa shape index (κ3) is 11.7. The van der Waals surface area contributed by atoms with Gasteiger partial charge in [-0.2, -0.15) is 0 Å². The number of allylic oxidation sites excluding steroid dienone is 3. The van der Waals surface area contributed by atoms with Gasteiger partial charge in [0.15, 0.2) is 0 Å². The molecule has 1 fully saturated rings. The van der Waals surface area contributed by atoms with Gasteiger partial charge in [0.25, 0.3) is 0 Å². The van der Waals surface area contributed by atoms with E-state index in [1.165, 1.54) is 51.4 Å². The molecule has 1 aliphatic carbocycles. The molecule has 0 radical (unpaired) electrons. The standard InChI is InChI=1S/C25H44O3/c1-4-5-6-10-24(26)11-8-7-9-21-13-16-23(17-14-21)22(15-12-20(2)3)18-19-25(27)28/h7-9,11,20-24,26H,4-6,10,12-19H2,1-3H3,(H,27,28). The first kappa shape index (κ1) is 24.9. The maximum atomic E-state index is 11.0. The fraction of sp³-hybridized carbons (Fsp3) is 0.800. The molecule has 3 heteroatoms. The molecule has 0 aromatic carbocycles. The highest BCUT2D eigenvalue weighted by atomic mass is 16.4. The molecule has 2 atom stereocenters. The number of unbranched alkanes of at least 4 members (excludes halogenated alkanes) is 2. The average molecular weight is 393 g/mol. The highest BCUT2D eigenvalue weighted by Crippen LogP contribution is 2.38. The zero-order chi connectivity index (χ0) is 20.8. The molecule has 1 aliphatic rings. The minimum Gasteiger partial charge on any atom is -0.481 e. The van der Waals surface area contributed by atoms with Gasteiger partial charge in [-0.15, -0.1) is 0 Å². The SMILES string of the molecule is CCCCCC(O)C=CC=CC1CCC(C(CCC(=O)O)CCC(C)C)CC1. The largest absolute Gasteiger partial charge is 0.481 e. The van der Waals surface area contributed by atoms with Gasteiger partial charge in [-0.25, -0.2) is 0 Å². The Morgan fingerprint density at radius 3 is 2.32 bits per heavy atom. The number of carboxylic acid groups (broad SMARTS) is 1. The van der Waals surface area contributed by atoms with Crippen molar-refractivity contribution in [1.82, 2.24) is 0 Å². The smallest absolute Gasteiger partial charge is 0.303 e. The Morgan fingerprint density at radius 1 is 1.00 bits per heavy atom. The highest BCUT2D eigenvalue weighted by molar-refractivity contribution is 5.66. The Kier molecular flexibility index (Phi) is 13.2. The van der Waals surface area contributed by atoms with Crippen molar-refractivity contribution >= 4 is 5.97 Å². The monoisotopic (exact) mass is 392 g/mol. The number of hydrogen-bond acceptors (Lipinski definition) is 2. The first-order valence-corrected chi connectivity index (χ1v) is 11.7. The van der Waals surface area contributed by atoms with Crippen LogP contribution in [0, 0.1) is 23.7 Å². The molecule has 162 valence electrons. The molecule has 2 unspecified atom stereocenters. The van der Waals surface area contributed by atoms with Crippen LogP contribution in [0.1, 0.15) is 97.8 Å². The van der Waals surface area contributed by atoms with E-state index in [0.29, 0.717) is 30.1 Å². The molecule has 3 nitrogen and oxygen atoms in total. The molecule has 0 aromatic rings. The van der Waals surface area contributed by atoms with Crippen LogP contribution in [0.5, 0.6) is 0 Å². The summed E-state index contributed by atoms with van der Waals surface area (Å²) in [4.78, 5) is 11.0. The van der Waals surface area contributed by atoms with Crippen molar-refractivity contribution in [1.29, 1.82) is 0 Å². The lowest BCUT2D eigenvalue weighted by atomic mass is 9.72. The second-order valence-corrected chi connectivity index (χ2v) is 9.17. The van der Waals surface area contributed by atoms with Gasteiger partial charge in [-0.1, -0.05) is 70.8 Å². The number of rotatable bonds is 14. The maximum Gasteiger partial charge on any atom is 0.303 e.